The van der Waals surface area contributed by atoms with Crippen molar-refractivity contribution >= 4 is 11.6 Å². The molecule has 0 saturated carbocycles. The van der Waals surface area contributed by atoms with Crippen LogP contribution in [0.4, 0.5) is 5.69 Å². The molecule has 1 aliphatic heterocycles. The van der Waals surface area contributed by atoms with Crippen LogP contribution >= 0.6 is 0 Å². The summed E-state index contributed by atoms with van der Waals surface area (Å²) in [6.45, 7) is 2.14. The number of anilines is 1. The molecule has 0 N–H and O–H groups in total. The van der Waals surface area contributed by atoms with Crippen LogP contribution in [-0.2, 0) is 24.7 Å². The number of aryl methyl sites for hydroxylation is 3. The summed E-state index contributed by atoms with van der Waals surface area (Å²) in [6, 6.07) is 8.53. The van der Waals surface area contributed by atoms with E-state index in [1.807, 2.05) is 36.5 Å². The Bertz CT molecular complexity index is 647. The van der Waals surface area contributed by atoms with Gasteiger partial charge in [-0.3, -0.25) is 9.48 Å². The van der Waals surface area contributed by atoms with Crippen LogP contribution in [0.1, 0.15) is 30.9 Å². The maximum atomic E-state index is 12.7. The number of para-hydroxylation sites is 1. The van der Waals surface area contributed by atoms with Crippen LogP contribution in [-0.4, -0.2) is 21.7 Å². The van der Waals surface area contributed by atoms with Crippen molar-refractivity contribution in [1.82, 2.24) is 9.78 Å². The molecule has 0 saturated heterocycles. The van der Waals surface area contributed by atoms with Crippen molar-refractivity contribution in [3.63, 3.8) is 0 Å². The highest BCUT2D eigenvalue weighted by Crippen LogP contribution is 2.31. The molecule has 0 aliphatic carbocycles. The number of hydrogen-bond acceptors (Lipinski definition) is 2. The fourth-order valence-electron chi connectivity index (χ4n) is 3.04. The third kappa shape index (κ3) is 2.84. The second-order valence-corrected chi connectivity index (χ2v) is 5.80. The van der Waals surface area contributed by atoms with Gasteiger partial charge >= 0.3 is 0 Å². The molecule has 1 aliphatic rings. The third-order valence-corrected chi connectivity index (χ3v) is 4.18. The summed E-state index contributed by atoms with van der Waals surface area (Å²) in [7, 11) is 1.90. The van der Waals surface area contributed by atoms with E-state index in [1.54, 1.807) is 4.68 Å². The zero-order valence-corrected chi connectivity index (χ0v) is 12.6. The lowest BCUT2D eigenvalue weighted by molar-refractivity contribution is -0.119. The van der Waals surface area contributed by atoms with E-state index in [1.165, 1.54) is 5.56 Å². The van der Waals surface area contributed by atoms with Gasteiger partial charge in [-0.1, -0.05) is 18.2 Å². The lowest BCUT2D eigenvalue weighted by Gasteiger charge is -2.35. The summed E-state index contributed by atoms with van der Waals surface area (Å²) in [5.41, 5.74) is 3.49. The monoisotopic (exact) mass is 283 g/mol. The van der Waals surface area contributed by atoms with Crippen LogP contribution < -0.4 is 4.90 Å². The summed E-state index contributed by atoms with van der Waals surface area (Å²) in [5.74, 6) is 0.207. The molecular weight excluding hydrogens is 262 g/mol. The number of nitrogens with zero attached hydrogens (tertiary/aromatic N) is 3. The van der Waals surface area contributed by atoms with Gasteiger partial charge in [-0.25, -0.2) is 0 Å². The van der Waals surface area contributed by atoms with E-state index < -0.39 is 0 Å². The predicted octanol–water partition coefficient (Wildman–Crippen LogP) is 2.72. The first-order valence-electron chi connectivity index (χ1n) is 7.52. The number of aromatic nitrogens is 2. The van der Waals surface area contributed by atoms with Gasteiger partial charge in [-0.15, -0.1) is 0 Å². The van der Waals surface area contributed by atoms with Crippen molar-refractivity contribution in [2.75, 3.05) is 4.90 Å². The first-order valence-corrected chi connectivity index (χ1v) is 7.52. The Morgan fingerprint density at radius 3 is 2.95 bits per heavy atom. The van der Waals surface area contributed by atoms with Crippen LogP contribution in [0.25, 0.3) is 0 Å². The molecule has 2 heterocycles. The van der Waals surface area contributed by atoms with E-state index in [9.17, 15) is 4.79 Å². The summed E-state index contributed by atoms with van der Waals surface area (Å²) in [4.78, 5) is 14.6. The molecule has 110 valence electrons. The Kier molecular flexibility index (Phi) is 3.78. The van der Waals surface area contributed by atoms with E-state index >= 15 is 0 Å². The molecule has 2 aromatic rings. The Hall–Kier alpha value is -2.10. The molecule has 0 bridgehead atoms. The topological polar surface area (TPSA) is 38.1 Å². The van der Waals surface area contributed by atoms with E-state index in [0.717, 1.165) is 30.5 Å². The van der Waals surface area contributed by atoms with Gasteiger partial charge in [-0.05, 0) is 43.4 Å². The Balaban J connectivity index is 1.74. The van der Waals surface area contributed by atoms with Gasteiger partial charge in [0.05, 0.1) is 6.20 Å². The molecule has 1 amide bonds. The van der Waals surface area contributed by atoms with Crippen LogP contribution in [0.15, 0.2) is 36.7 Å². The predicted molar refractivity (Wildman–Crippen MR) is 83.2 cm³/mol. The van der Waals surface area contributed by atoms with Gasteiger partial charge in [0.15, 0.2) is 0 Å². The minimum Gasteiger partial charge on any atom is -0.309 e. The van der Waals surface area contributed by atoms with Gasteiger partial charge in [0.25, 0.3) is 0 Å². The molecule has 0 fully saturated rings. The maximum Gasteiger partial charge on any atom is 0.227 e. The highest BCUT2D eigenvalue weighted by Gasteiger charge is 2.27. The fraction of sp³-hybridized carbons (Fsp3) is 0.412. The van der Waals surface area contributed by atoms with Gasteiger partial charge in [0.2, 0.25) is 5.91 Å². The average Bonchev–Trinajstić information content (AvgIpc) is 2.90. The average molecular weight is 283 g/mol. The molecule has 0 unspecified atom stereocenters. The molecule has 1 atom stereocenters. The Labute approximate surface area is 125 Å². The van der Waals surface area contributed by atoms with Gasteiger partial charge in [0, 0.05) is 31.4 Å². The fourth-order valence-corrected chi connectivity index (χ4v) is 3.04. The smallest absolute Gasteiger partial charge is 0.227 e. The standard InChI is InChI=1S/C17H21N3O/c1-13-7-9-15-5-3-4-6-16(15)20(13)17(21)10-8-14-11-18-19(2)12-14/h3-6,11-13H,7-10H2,1-2H3/t13-/m1/s1. The van der Waals surface area contributed by atoms with Crippen molar-refractivity contribution in [2.24, 2.45) is 7.05 Å². The van der Waals surface area contributed by atoms with Crippen molar-refractivity contribution < 1.29 is 4.79 Å². The Morgan fingerprint density at radius 1 is 1.38 bits per heavy atom. The summed E-state index contributed by atoms with van der Waals surface area (Å²) >= 11 is 0. The normalized spacial score (nSPS) is 17.6. The zero-order valence-electron chi connectivity index (χ0n) is 12.6. The maximum absolute atomic E-state index is 12.7. The molecule has 1 aromatic heterocycles. The number of hydrogen-bond donors (Lipinski definition) is 0. The number of amides is 1. The van der Waals surface area contributed by atoms with Gasteiger partial charge in [0.1, 0.15) is 0 Å². The lowest BCUT2D eigenvalue weighted by atomic mass is 9.96. The molecule has 3 rings (SSSR count). The molecule has 4 nitrogen and oxygen atoms in total. The second-order valence-electron chi connectivity index (χ2n) is 5.80. The van der Waals surface area contributed by atoms with E-state index in [0.29, 0.717) is 6.42 Å². The van der Waals surface area contributed by atoms with Crippen molar-refractivity contribution in [2.45, 2.75) is 38.6 Å². The molecule has 0 radical (unpaired) electrons. The highest BCUT2D eigenvalue weighted by atomic mass is 16.2. The number of fused-ring (bicyclic) bond motifs is 1. The zero-order chi connectivity index (χ0) is 14.8. The summed E-state index contributed by atoms with van der Waals surface area (Å²) < 4.78 is 1.78. The SMILES string of the molecule is C[C@@H]1CCc2ccccc2N1C(=O)CCc1cnn(C)c1. The van der Waals surface area contributed by atoms with Gasteiger partial charge < -0.3 is 4.90 Å². The molecule has 1 aromatic carbocycles. The quantitative estimate of drug-likeness (QED) is 0.868. The van der Waals surface area contributed by atoms with Gasteiger partial charge in [-0.2, -0.15) is 5.10 Å². The van der Waals surface area contributed by atoms with Crippen LogP contribution in [0, 0.1) is 0 Å². The van der Waals surface area contributed by atoms with Crippen LogP contribution in [0.5, 0.6) is 0 Å². The van der Waals surface area contributed by atoms with Crippen LogP contribution in [0.2, 0.25) is 0 Å². The minimum atomic E-state index is 0.207. The highest BCUT2D eigenvalue weighted by molar-refractivity contribution is 5.95. The first kappa shape index (κ1) is 13.9. The number of carbonyl (C=O) groups excluding carboxylic acids is 1. The summed E-state index contributed by atoms with van der Waals surface area (Å²) in [5, 5.41) is 4.15. The molecule has 4 heteroatoms. The van der Waals surface area contributed by atoms with E-state index in [4.69, 9.17) is 0 Å². The number of benzene rings is 1. The lowest BCUT2D eigenvalue weighted by Crippen LogP contribution is -2.42. The third-order valence-electron chi connectivity index (χ3n) is 4.18. The summed E-state index contributed by atoms with van der Waals surface area (Å²) in [6.07, 6.45) is 7.18. The largest absolute Gasteiger partial charge is 0.309 e. The van der Waals surface area contributed by atoms with Crippen molar-refractivity contribution in [1.29, 1.82) is 0 Å². The van der Waals surface area contributed by atoms with Crippen LogP contribution in [0.3, 0.4) is 0 Å². The number of rotatable bonds is 3. The van der Waals surface area contributed by atoms with Crippen molar-refractivity contribution in [3.05, 3.63) is 47.8 Å². The van der Waals surface area contributed by atoms with Crippen molar-refractivity contribution in [3.8, 4) is 0 Å². The minimum absolute atomic E-state index is 0.207. The van der Waals surface area contributed by atoms with E-state index in [2.05, 4.69) is 24.2 Å². The first-order chi connectivity index (χ1) is 10.1. The molecule has 0 spiro atoms. The Morgan fingerprint density at radius 2 is 2.19 bits per heavy atom. The molecule has 21 heavy (non-hydrogen) atoms. The van der Waals surface area contributed by atoms with E-state index in [-0.39, 0.29) is 11.9 Å². The molecular formula is C17H21N3O. The number of carbonyl (C=O) groups is 1. The second kappa shape index (κ2) is 5.72.